The van der Waals surface area contributed by atoms with Crippen molar-refractivity contribution < 1.29 is 24.2 Å². The van der Waals surface area contributed by atoms with E-state index in [2.05, 4.69) is 10.1 Å². The molecule has 0 heterocycles. The molecule has 6 nitrogen and oxygen atoms in total. The van der Waals surface area contributed by atoms with Crippen LogP contribution in [0.15, 0.2) is 24.3 Å². The Labute approximate surface area is 136 Å². The number of carbonyl (C=O) groups is 2. The number of rotatable bonds is 4. The Balaban J connectivity index is 3.10. The van der Waals surface area contributed by atoms with Gasteiger partial charge in [0.15, 0.2) is 6.10 Å². The van der Waals surface area contributed by atoms with Crippen molar-refractivity contribution in [2.75, 3.05) is 12.4 Å². The van der Waals surface area contributed by atoms with E-state index in [-0.39, 0.29) is 0 Å². The second kappa shape index (κ2) is 7.00. The molecule has 1 atom stereocenters. The van der Waals surface area contributed by atoms with Crippen molar-refractivity contribution in [1.82, 2.24) is 0 Å². The van der Waals surface area contributed by atoms with Crippen LogP contribution in [-0.2, 0) is 19.7 Å². The summed E-state index contributed by atoms with van der Waals surface area (Å²) in [6, 6.07) is 6.93. The number of aliphatic hydroxyl groups is 1. The molecule has 0 aliphatic carbocycles. The Morgan fingerprint density at radius 1 is 1.13 bits per heavy atom. The van der Waals surface area contributed by atoms with E-state index >= 15 is 0 Å². The normalized spacial score (nSPS) is 13.2. The monoisotopic (exact) mass is 323 g/mol. The van der Waals surface area contributed by atoms with Crippen LogP contribution in [0.25, 0.3) is 0 Å². The third kappa shape index (κ3) is 4.96. The number of para-hydroxylation sites is 1. The van der Waals surface area contributed by atoms with E-state index in [1.54, 1.807) is 58.9 Å². The average molecular weight is 323 g/mol. The van der Waals surface area contributed by atoms with Gasteiger partial charge in [-0.25, -0.2) is 9.59 Å². The summed E-state index contributed by atoms with van der Waals surface area (Å²) >= 11 is 0. The van der Waals surface area contributed by atoms with Crippen LogP contribution in [0, 0.1) is 0 Å². The number of benzene rings is 1. The van der Waals surface area contributed by atoms with Crippen molar-refractivity contribution in [2.24, 2.45) is 0 Å². The minimum absolute atomic E-state index is 0.467. The zero-order chi connectivity index (χ0) is 17.8. The molecule has 1 amide bonds. The van der Waals surface area contributed by atoms with Gasteiger partial charge in [0.1, 0.15) is 5.60 Å². The first-order valence-corrected chi connectivity index (χ1v) is 7.34. The van der Waals surface area contributed by atoms with Crippen LogP contribution in [0.2, 0.25) is 0 Å². The lowest BCUT2D eigenvalue weighted by Gasteiger charge is -2.31. The summed E-state index contributed by atoms with van der Waals surface area (Å²) in [5.74, 6) is -0.734. The Hall–Kier alpha value is -2.08. The van der Waals surface area contributed by atoms with Gasteiger partial charge in [0, 0.05) is 11.1 Å². The Morgan fingerprint density at radius 2 is 1.70 bits per heavy atom. The SMILES string of the molecule is COC(=O)C(O)C(C)(C)c1ccccc1NC(=O)OC(C)(C)C. The molecule has 6 heteroatoms. The van der Waals surface area contributed by atoms with Crippen LogP contribution in [0.5, 0.6) is 0 Å². The van der Waals surface area contributed by atoms with Crippen LogP contribution in [0.3, 0.4) is 0 Å². The highest BCUT2D eigenvalue weighted by Crippen LogP contribution is 2.33. The quantitative estimate of drug-likeness (QED) is 0.832. The van der Waals surface area contributed by atoms with Gasteiger partial charge >= 0.3 is 12.1 Å². The van der Waals surface area contributed by atoms with E-state index in [0.717, 1.165) is 0 Å². The summed E-state index contributed by atoms with van der Waals surface area (Å²) in [6.07, 6.45) is -1.97. The second-order valence-corrected chi connectivity index (χ2v) is 6.82. The molecule has 0 aliphatic rings. The minimum Gasteiger partial charge on any atom is -0.467 e. The maximum absolute atomic E-state index is 12.0. The van der Waals surface area contributed by atoms with Gasteiger partial charge in [0.25, 0.3) is 0 Å². The standard InChI is InChI=1S/C17H25NO5/c1-16(2,3)23-15(21)18-12-10-8-7-9-11(12)17(4,5)13(19)14(20)22-6/h7-10,13,19H,1-6H3,(H,18,21). The third-order valence-electron chi connectivity index (χ3n) is 3.36. The number of hydrogen-bond acceptors (Lipinski definition) is 5. The van der Waals surface area contributed by atoms with Crippen LogP contribution >= 0.6 is 0 Å². The van der Waals surface area contributed by atoms with Crippen molar-refractivity contribution in [2.45, 2.75) is 51.7 Å². The Morgan fingerprint density at radius 3 is 2.22 bits per heavy atom. The van der Waals surface area contributed by atoms with Gasteiger partial charge < -0.3 is 14.6 Å². The second-order valence-electron chi connectivity index (χ2n) is 6.82. The lowest BCUT2D eigenvalue weighted by atomic mass is 9.78. The predicted molar refractivity (Wildman–Crippen MR) is 87.3 cm³/mol. The highest BCUT2D eigenvalue weighted by molar-refractivity contribution is 5.87. The van der Waals surface area contributed by atoms with Gasteiger partial charge in [-0.15, -0.1) is 0 Å². The fourth-order valence-electron chi connectivity index (χ4n) is 2.12. The number of anilines is 1. The highest BCUT2D eigenvalue weighted by Gasteiger charge is 2.37. The lowest BCUT2D eigenvalue weighted by Crippen LogP contribution is -2.41. The van der Waals surface area contributed by atoms with Crippen molar-refractivity contribution in [1.29, 1.82) is 0 Å². The molecule has 0 spiro atoms. The fourth-order valence-corrected chi connectivity index (χ4v) is 2.12. The predicted octanol–water partition coefficient (Wildman–Crippen LogP) is 2.85. The molecule has 0 bridgehead atoms. The number of nitrogens with one attached hydrogen (secondary N) is 1. The molecule has 0 radical (unpaired) electrons. The van der Waals surface area contributed by atoms with E-state index in [1.165, 1.54) is 7.11 Å². The first-order chi connectivity index (χ1) is 10.5. The maximum Gasteiger partial charge on any atom is 0.412 e. The van der Waals surface area contributed by atoms with Gasteiger partial charge in [0.2, 0.25) is 0 Å². The molecule has 0 saturated heterocycles. The number of amides is 1. The number of hydrogen-bond donors (Lipinski definition) is 2. The molecule has 1 rings (SSSR count). The van der Waals surface area contributed by atoms with Crippen LogP contribution < -0.4 is 5.32 Å². The molecule has 23 heavy (non-hydrogen) atoms. The number of methoxy groups -OCH3 is 1. The summed E-state index contributed by atoms with van der Waals surface area (Å²) in [4.78, 5) is 23.6. The van der Waals surface area contributed by atoms with Crippen LogP contribution in [-0.4, -0.2) is 36.0 Å². The molecular weight excluding hydrogens is 298 g/mol. The molecule has 0 aliphatic heterocycles. The van der Waals surface area contributed by atoms with E-state index in [0.29, 0.717) is 11.3 Å². The average Bonchev–Trinajstić information content (AvgIpc) is 2.43. The van der Waals surface area contributed by atoms with Crippen molar-refractivity contribution in [3.8, 4) is 0 Å². The summed E-state index contributed by atoms with van der Waals surface area (Å²) in [7, 11) is 1.21. The topological polar surface area (TPSA) is 84.9 Å². The number of carbonyl (C=O) groups excluding carboxylic acids is 2. The molecule has 128 valence electrons. The smallest absolute Gasteiger partial charge is 0.412 e. The molecular formula is C17H25NO5. The Kier molecular flexibility index (Phi) is 5.77. The van der Waals surface area contributed by atoms with Crippen LogP contribution in [0.4, 0.5) is 10.5 Å². The molecule has 1 unspecified atom stereocenters. The van der Waals surface area contributed by atoms with Crippen molar-refractivity contribution >= 4 is 17.7 Å². The zero-order valence-corrected chi connectivity index (χ0v) is 14.5. The van der Waals surface area contributed by atoms with E-state index in [4.69, 9.17) is 4.74 Å². The molecule has 2 N–H and O–H groups in total. The van der Waals surface area contributed by atoms with Gasteiger partial charge in [0.05, 0.1) is 7.11 Å². The molecule has 0 saturated carbocycles. The van der Waals surface area contributed by atoms with Crippen molar-refractivity contribution in [3.05, 3.63) is 29.8 Å². The van der Waals surface area contributed by atoms with Gasteiger partial charge in [-0.1, -0.05) is 32.0 Å². The minimum atomic E-state index is -1.37. The maximum atomic E-state index is 12.0. The first kappa shape index (κ1) is 19.0. The Bertz CT molecular complexity index is 575. The first-order valence-electron chi connectivity index (χ1n) is 7.34. The summed E-state index contributed by atoms with van der Waals surface area (Å²) in [5.41, 5.74) is -0.517. The van der Waals surface area contributed by atoms with E-state index in [1.807, 2.05) is 0 Å². The van der Waals surface area contributed by atoms with E-state index in [9.17, 15) is 14.7 Å². The van der Waals surface area contributed by atoms with Crippen molar-refractivity contribution in [3.63, 3.8) is 0 Å². The summed E-state index contributed by atoms with van der Waals surface area (Å²) in [6.45, 7) is 8.70. The molecule has 0 fully saturated rings. The molecule has 0 aromatic heterocycles. The molecule has 1 aromatic rings. The van der Waals surface area contributed by atoms with Gasteiger partial charge in [-0.05, 0) is 32.4 Å². The molecule has 1 aromatic carbocycles. The van der Waals surface area contributed by atoms with Gasteiger partial charge in [-0.3, -0.25) is 5.32 Å². The van der Waals surface area contributed by atoms with Crippen LogP contribution in [0.1, 0.15) is 40.2 Å². The number of ether oxygens (including phenoxy) is 2. The number of aliphatic hydroxyl groups excluding tert-OH is 1. The third-order valence-corrected chi connectivity index (χ3v) is 3.36. The summed E-state index contributed by atoms with van der Waals surface area (Å²) < 4.78 is 9.84. The largest absolute Gasteiger partial charge is 0.467 e. The number of esters is 1. The lowest BCUT2D eigenvalue weighted by molar-refractivity contribution is -0.153. The fraction of sp³-hybridized carbons (Fsp3) is 0.529. The van der Waals surface area contributed by atoms with Gasteiger partial charge in [-0.2, -0.15) is 0 Å². The highest BCUT2D eigenvalue weighted by atomic mass is 16.6. The summed E-state index contributed by atoms with van der Waals surface area (Å²) in [5, 5.41) is 12.9. The van der Waals surface area contributed by atoms with E-state index < -0.39 is 29.2 Å². The zero-order valence-electron chi connectivity index (χ0n) is 14.5.